The number of nitrogens with one attached hydrogen (secondary N) is 1. The highest BCUT2D eigenvalue weighted by atomic mass is 32.1. The number of benzene rings is 1. The monoisotopic (exact) mass is 274 g/mol. The van der Waals surface area contributed by atoms with Crippen molar-refractivity contribution in [3.8, 4) is 0 Å². The summed E-state index contributed by atoms with van der Waals surface area (Å²) < 4.78 is 8.20. The summed E-state index contributed by atoms with van der Waals surface area (Å²) in [6, 6.07) is 5.27. The molecule has 1 amide bonds. The van der Waals surface area contributed by atoms with Gasteiger partial charge in [-0.2, -0.15) is 23.7 Å². The zero-order valence-electron chi connectivity index (χ0n) is 9.85. The zero-order valence-corrected chi connectivity index (χ0v) is 10.7. The summed E-state index contributed by atoms with van der Waals surface area (Å²) in [5.41, 5.74) is 2.13. The minimum Gasteiger partial charge on any atom is -0.350 e. The molecule has 7 nitrogen and oxygen atoms in total. The number of amides is 1. The molecule has 1 N–H and O–H groups in total. The molecule has 19 heavy (non-hydrogen) atoms. The van der Waals surface area contributed by atoms with Gasteiger partial charge in [-0.25, -0.2) is 0 Å². The van der Waals surface area contributed by atoms with Crippen molar-refractivity contribution < 1.29 is 4.79 Å². The fourth-order valence-electron chi connectivity index (χ4n) is 1.65. The van der Waals surface area contributed by atoms with Crippen LogP contribution in [-0.2, 0) is 6.54 Å². The number of nitrogens with zero attached hydrogens (tertiary/aromatic N) is 5. The second-order valence-electron chi connectivity index (χ2n) is 3.85. The Kier molecular flexibility index (Phi) is 3.15. The smallest absolute Gasteiger partial charge is 0.251 e. The summed E-state index contributed by atoms with van der Waals surface area (Å²) in [7, 11) is 0. The Morgan fingerprint density at radius 3 is 2.84 bits per heavy atom. The van der Waals surface area contributed by atoms with Gasteiger partial charge in [-0.15, -0.1) is 0 Å². The lowest BCUT2D eigenvalue weighted by molar-refractivity contribution is 0.0951. The lowest BCUT2D eigenvalue weighted by Gasteiger charge is -2.04. The van der Waals surface area contributed by atoms with E-state index in [1.165, 1.54) is 4.80 Å². The van der Waals surface area contributed by atoms with Crippen LogP contribution >= 0.6 is 11.7 Å². The molecule has 0 radical (unpaired) electrons. The number of fused-ring (bicyclic) bond motifs is 1. The van der Waals surface area contributed by atoms with Crippen molar-refractivity contribution in [3.05, 3.63) is 36.2 Å². The standard InChI is InChI=1S/C11H10N6OS/c18-11(12-5-6-17-13-3-4-14-17)8-1-2-9-10(7-8)16-19-15-9/h1-4,7H,5-6H2,(H,12,18). The third-order valence-corrected chi connectivity index (χ3v) is 3.14. The van der Waals surface area contributed by atoms with E-state index < -0.39 is 0 Å². The van der Waals surface area contributed by atoms with Gasteiger partial charge in [0.1, 0.15) is 11.0 Å². The van der Waals surface area contributed by atoms with Crippen LogP contribution in [0.25, 0.3) is 11.0 Å². The van der Waals surface area contributed by atoms with E-state index in [2.05, 4.69) is 24.3 Å². The normalized spacial score (nSPS) is 10.7. The van der Waals surface area contributed by atoms with E-state index >= 15 is 0 Å². The second-order valence-corrected chi connectivity index (χ2v) is 4.38. The Morgan fingerprint density at radius 1 is 1.21 bits per heavy atom. The molecule has 0 aliphatic carbocycles. The first-order valence-corrected chi connectivity index (χ1v) is 6.40. The molecule has 8 heteroatoms. The number of carbonyl (C=O) groups is 1. The van der Waals surface area contributed by atoms with Crippen LogP contribution in [0.3, 0.4) is 0 Å². The van der Waals surface area contributed by atoms with Gasteiger partial charge in [-0.3, -0.25) is 4.79 Å². The Hall–Kier alpha value is -2.35. The van der Waals surface area contributed by atoms with Gasteiger partial charge in [0.15, 0.2) is 0 Å². The van der Waals surface area contributed by atoms with Gasteiger partial charge in [0.25, 0.3) is 5.91 Å². The van der Waals surface area contributed by atoms with Crippen LogP contribution in [0.15, 0.2) is 30.6 Å². The molecule has 0 saturated carbocycles. The molecule has 2 heterocycles. The lowest BCUT2D eigenvalue weighted by Crippen LogP contribution is -2.27. The minimum atomic E-state index is -0.137. The lowest BCUT2D eigenvalue weighted by atomic mass is 10.2. The first-order chi connectivity index (χ1) is 9.33. The summed E-state index contributed by atoms with van der Waals surface area (Å²) in [4.78, 5) is 13.5. The van der Waals surface area contributed by atoms with E-state index in [1.54, 1.807) is 30.6 Å². The van der Waals surface area contributed by atoms with Gasteiger partial charge in [-0.05, 0) is 18.2 Å². The molecule has 0 aliphatic heterocycles. The first kappa shape index (κ1) is 11.7. The van der Waals surface area contributed by atoms with Crippen LogP contribution in [0.1, 0.15) is 10.4 Å². The van der Waals surface area contributed by atoms with E-state index in [0.717, 1.165) is 22.8 Å². The maximum Gasteiger partial charge on any atom is 0.251 e. The predicted octanol–water partition coefficient (Wildman–Crippen LogP) is 0.713. The highest BCUT2D eigenvalue weighted by Crippen LogP contribution is 2.13. The van der Waals surface area contributed by atoms with Gasteiger partial charge >= 0.3 is 0 Å². The topological polar surface area (TPSA) is 85.6 Å². The minimum absolute atomic E-state index is 0.137. The fraction of sp³-hybridized carbons (Fsp3) is 0.182. The number of hydrogen-bond acceptors (Lipinski definition) is 6. The van der Waals surface area contributed by atoms with Crippen LogP contribution in [-0.4, -0.2) is 36.2 Å². The van der Waals surface area contributed by atoms with Crippen molar-refractivity contribution >= 4 is 28.7 Å². The first-order valence-electron chi connectivity index (χ1n) is 5.67. The molecule has 0 atom stereocenters. The van der Waals surface area contributed by atoms with E-state index in [0.29, 0.717) is 18.7 Å². The summed E-state index contributed by atoms with van der Waals surface area (Å²) in [6.07, 6.45) is 3.20. The fourth-order valence-corrected chi connectivity index (χ4v) is 2.17. The predicted molar refractivity (Wildman–Crippen MR) is 69.8 cm³/mol. The molecule has 3 rings (SSSR count). The molecule has 0 aliphatic rings. The summed E-state index contributed by atoms with van der Waals surface area (Å²) >= 11 is 1.14. The second kappa shape index (κ2) is 5.11. The molecule has 1 aromatic carbocycles. The average Bonchev–Trinajstić information content (AvgIpc) is 3.08. The number of hydrogen-bond donors (Lipinski definition) is 1. The quantitative estimate of drug-likeness (QED) is 0.757. The van der Waals surface area contributed by atoms with Gasteiger partial charge in [0.05, 0.1) is 30.7 Å². The molecule has 96 valence electrons. The van der Waals surface area contributed by atoms with Crippen molar-refractivity contribution in [3.63, 3.8) is 0 Å². The van der Waals surface area contributed by atoms with Crippen molar-refractivity contribution in [1.29, 1.82) is 0 Å². The van der Waals surface area contributed by atoms with Crippen molar-refractivity contribution in [2.24, 2.45) is 0 Å². The summed E-state index contributed by atoms with van der Waals surface area (Å²) in [5, 5.41) is 10.7. The molecule has 0 spiro atoms. The van der Waals surface area contributed by atoms with Crippen molar-refractivity contribution in [1.82, 2.24) is 29.1 Å². The molecule has 2 aromatic heterocycles. The largest absolute Gasteiger partial charge is 0.350 e. The molecule has 3 aromatic rings. The number of aromatic nitrogens is 5. The van der Waals surface area contributed by atoms with Crippen LogP contribution in [0, 0.1) is 0 Å². The van der Waals surface area contributed by atoms with Crippen LogP contribution in [0.5, 0.6) is 0 Å². The average molecular weight is 274 g/mol. The number of rotatable bonds is 4. The third kappa shape index (κ3) is 2.58. The highest BCUT2D eigenvalue weighted by molar-refractivity contribution is 7.00. The molecular formula is C11H10N6OS. The summed E-state index contributed by atoms with van der Waals surface area (Å²) in [5.74, 6) is -0.137. The molecule has 0 unspecified atom stereocenters. The Bertz CT molecular complexity index is 692. The van der Waals surface area contributed by atoms with Crippen LogP contribution in [0.4, 0.5) is 0 Å². The molecular weight excluding hydrogens is 264 g/mol. The number of carbonyl (C=O) groups excluding carboxylic acids is 1. The van der Waals surface area contributed by atoms with Gasteiger partial charge in [-0.1, -0.05) is 0 Å². The van der Waals surface area contributed by atoms with Crippen molar-refractivity contribution in [2.45, 2.75) is 6.54 Å². The maximum atomic E-state index is 11.9. The Morgan fingerprint density at radius 2 is 2.00 bits per heavy atom. The van der Waals surface area contributed by atoms with E-state index in [4.69, 9.17) is 0 Å². The van der Waals surface area contributed by atoms with Crippen molar-refractivity contribution in [2.75, 3.05) is 6.54 Å². The molecule has 0 bridgehead atoms. The summed E-state index contributed by atoms with van der Waals surface area (Å²) in [6.45, 7) is 1.01. The van der Waals surface area contributed by atoms with E-state index in [1.807, 2.05) is 0 Å². The van der Waals surface area contributed by atoms with Crippen LogP contribution in [0.2, 0.25) is 0 Å². The van der Waals surface area contributed by atoms with E-state index in [-0.39, 0.29) is 5.91 Å². The van der Waals surface area contributed by atoms with Gasteiger partial charge in [0, 0.05) is 12.1 Å². The zero-order chi connectivity index (χ0) is 13.1. The molecule has 0 fully saturated rings. The maximum absolute atomic E-state index is 11.9. The third-order valence-electron chi connectivity index (χ3n) is 2.58. The van der Waals surface area contributed by atoms with Gasteiger partial charge < -0.3 is 5.32 Å². The SMILES string of the molecule is O=C(NCCn1nccn1)c1ccc2nsnc2c1. The van der Waals surface area contributed by atoms with Gasteiger partial charge in [0.2, 0.25) is 0 Å². The Balaban J connectivity index is 1.63. The molecule has 0 saturated heterocycles. The highest BCUT2D eigenvalue weighted by Gasteiger charge is 2.07. The van der Waals surface area contributed by atoms with E-state index in [9.17, 15) is 4.79 Å². The Labute approximate surface area is 112 Å². The van der Waals surface area contributed by atoms with Crippen LogP contribution < -0.4 is 5.32 Å².